The molecule has 0 saturated carbocycles. The highest BCUT2D eigenvalue weighted by molar-refractivity contribution is 5.99. The minimum atomic E-state index is -0.823. The van der Waals surface area contributed by atoms with Gasteiger partial charge in [-0.2, -0.15) is 0 Å². The SMILES string of the molecule is CN(C)Cc1ccc(NC(=O)Nc2ccc(F)cc2F)cc1. The van der Waals surface area contributed by atoms with Crippen molar-refractivity contribution in [1.29, 1.82) is 0 Å². The van der Waals surface area contributed by atoms with Crippen molar-refractivity contribution in [3.63, 3.8) is 0 Å². The highest BCUT2D eigenvalue weighted by Gasteiger charge is 2.08. The van der Waals surface area contributed by atoms with Gasteiger partial charge in [0.15, 0.2) is 0 Å². The molecule has 0 bridgehead atoms. The van der Waals surface area contributed by atoms with Crippen LogP contribution in [-0.2, 0) is 6.54 Å². The standard InChI is InChI=1S/C16H17F2N3O/c1-21(2)10-11-3-6-13(7-4-11)19-16(22)20-15-8-5-12(17)9-14(15)18/h3-9H,10H2,1-2H3,(H2,19,20,22). The van der Waals surface area contributed by atoms with E-state index in [-0.39, 0.29) is 5.69 Å². The second-order valence-corrected chi connectivity index (χ2v) is 5.14. The van der Waals surface area contributed by atoms with Gasteiger partial charge >= 0.3 is 6.03 Å². The number of hydrogen-bond donors (Lipinski definition) is 2. The van der Waals surface area contributed by atoms with Crippen molar-refractivity contribution < 1.29 is 13.6 Å². The van der Waals surface area contributed by atoms with E-state index in [2.05, 4.69) is 10.6 Å². The number of anilines is 2. The summed E-state index contributed by atoms with van der Waals surface area (Å²) in [7, 11) is 3.94. The quantitative estimate of drug-likeness (QED) is 0.905. The van der Waals surface area contributed by atoms with Crippen LogP contribution in [0.15, 0.2) is 42.5 Å². The van der Waals surface area contributed by atoms with Crippen molar-refractivity contribution >= 4 is 17.4 Å². The first kappa shape index (κ1) is 15.9. The molecule has 0 spiro atoms. The van der Waals surface area contributed by atoms with Crippen molar-refractivity contribution in [2.75, 3.05) is 24.7 Å². The average molecular weight is 305 g/mol. The summed E-state index contributed by atoms with van der Waals surface area (Å²) in [6.07, 6.45) is 0. The van der Waals surface area contributed by atoms with Crippen LogP contribution in [0.5, 0.6) is 0 Å². The van der Waals surface area contributed by atoms with Gasteiger partial charge in [-0.1, -0.05) is 12.1 Å². The molecule has 0 radical (unpaired) electrons. The zero-order valence-electron chi connectivity index (χ0n) is 12.4. The molecule has 0 atom stereocenters. The van der Waals surface area contributed by atoms with Gasteiger partial charge in [-0.15, -0.1) is 0 Å². The van der Waals surface area contributed by atoms with Crippen LogP contribution in [-0.4, -0.2) is 25.0 Å². The first-order valence-corrected chi connectivity index (χ1v) is 6.71. The van der Waals surface area contributed by atoms with Crippen LogP contribution in [0, 0.1) is 11.6 Å². The van der Waals surface area contributed by atoms with Crippen molar-refractivity contribution in [2.45, 2.75) is 6.54 Å². The minimum Gasteiger partial charge on any atom is -0.308 e. The first-order chi connectivity index (χ1) is 10.4. The highest BCUT2D eigenvalue weighted by atomic mass is 19.1. The van der Waals surface area contributed by atoms with Gasteiger partial charge in [0, 0.05) is 18.3 Å². The van der Waals surface area contributed by atoms with Crippen LogP contribution in [0.1, 0.15) is 5.56 Å². The van der Waals surface area contributed by atoms with Crippen molar-refractivity contribution in [2.24, 2.45) is 0 Å². The molecular weight excluding hydrogens is 288 g/mol. The summed E-state index contributed by atoms with van der Waals surface area (Å²) < 4.78 is 26.2. The third-order valence-electron chi connectivity index (χ3n) is 2.89. The zero-order chi connectivity index (χ0) is 16.1. The fraction of sp³-hybridized carbons (Fsp3) is 0.188. The van der Waals surface area contributed by atoms with Crippen LogP contribution >= 0.6 is 0 Å². The van der Waals surface area contributed by atoms with Gasteiger partial charge in [-0.25, -0.2) is 13.6 Å². The summed E-state index contributed by atoms with van der Waals surface area (Å²) in [4.78, 5) is 13.8. The summed E-state index contributed by atoms with van der Waals surface area (Å²) in [6, 6.07) is 9.69. The lowest BCUT2D eigenvalue weighted by Gasteiger charge is -2.11. The lowest BCUT2D eigenvalue weighted by molar-refractivity contribution is 0.262. The highest BCUT2D eigenvalue weighted by Crippen LogP contribution is 2.16. The topological polar surface area (TPSA) is 44.4 Å². The average Bonchev–Trinajstić information content (AvgIpc) is 2.43. The summed E-state index contributed by atoms with van der Waals surface area (Å²) in [5.41, 5.74) is 1.62. The summed E-state index contributed by atoms with van der Waals surface area (Å²) in [5.74, 6) is -1.52. The van der Waals surface area contributed by atoms with Gasteiger partial charge in [0.25, 0.3) is 0 Å². The third kappa shape index (κ3) is 4.53. The minimum absolute atomic E-state index is 0.0804. The van der Waals surface area contributed by atoms with E-state index >= 15 is 0 Å². The summed E-state index contributed by atoms with van der Waals surface area (Å²) in [5, 5.41) is 4.92. The molecule has 0 heterocycles. The smallest absolute Gasteiger partial charge is 0.308 e. The Hall–Kier alpha value is -2.47. The van der Waals surface area contributed by atoms with E-state index in [1.807, 2.05) is 31.1 Å². The van der Waals surface area contributed by atoms with Crippen molar-refractivity contribution in [3.05, 3.63) is 59.7 Å². The first-order valence-electron chi connectivity index (χ1n) is 6.71. The van der Waals surface area contributed by atoms with Gasteiger partial charge in [0.2, 0.25) is 0 Å². The summed E-state index contributed by atoms with van der Waals surface area (Å²) in [6.45, 7) is 0.799. The van der Waals surface area contributed by atoms with E-state index in [0.29, 0.717) is 11.8 Å². The van der Waals surface area contributed by atoms with Crippen LogP contribution < -0.4 is 10.6 Å². The third-order valence-corrected chi connectivity index (χ3v) is 2.89. The Morgan fingerprint density at radius 1 is 1.05 bits per heavy atom. The van der Waals surface area contributed by atoms with Gasteiger partial charge in [0.1, 0.15) is 11.6 Å². The maximum Gasteiger partial charge on any atom is 0.323 e. The number of hydrogen-bond acceptors (Lipinski definition) is 2. The number of rotatable bonds is 4. The Morgan fingerprint density at radius 3 is 2.32 bits per heavy atom. The molecule has 0 aliphatic heterocycles. The molecule has 0 aliphatic carbocycles. The Bertz CT molecular complexity index is 657. The Balaban J connectivity index is 1.97. The van der Waals surface area contributed by atoms with Gasteiger partial charge < -0.3 is 15.5 Å². The normalized spacial score (nSPS) is 10.6. The molecule has 4 nitrogen and oxygen atoms in total. The molecule has 6 heteroatoms. The number of urea groups is 1. The molecule has 116 valence electrons. The zero-order valence-corrected chi connectivity index (χ0v) is 12.4. The summed E-state index contributed by atoms with van der Waals surface area (Å²) >= 11 is 0. The Labute approximate surface area is 127 Å². The van der Waals surface area contributed by atoms with E-state index in [1.54, 1.807) is 12.1 Å². The van der Waals surface area contributed by atoms with E-state index in [1.165, 1.54) is 6.07 Å². The van der Waals surface area contributed by atoms with Crippen LogP contribution in [0.25, 0.3) is 0 Å². The molecule has 2 N–H and O–H groups in total. The van der Waals surface area contributed by atoms with E-state index in [4.69, 9.17) is 0 Å². The molecule has 2 amide bonds. The molecular formula is C16H17F2N3O. The predicted octanol–water partition coefficient (Wildman–Crippen LogP) is 3.67. The molecule has 0 fully saturated rings. The molecule has 0 saturated heterocycles. The predicted molar refractivity (Wildman–Crippen MR) is 82.8 cm³/mol. The number of benzene rings is 2. The molecule has 22 heavy (non-hydrogen) atoms. The van der Waals surface area contributed by atoms with Gasteiger partial charge in [-0.05, 0) is 43.9 Å². The van der Waals surface area contributed by atoms with Gasteiger partial charge in [-0.3, -0.25) is 0 Å². The lowest BCUT2D eigenvalue weighted by atomic mass is 10.2. The fourth-order valence-corrected chi connectivity index (χ4v) is 1.93. The van der Waals surface area contributed by atoms with E-state index in [0.717, 1.165) is 18.2 Å². The number of amides is 2. The lowest BCUT2D eigenvalue weighted by Crippen LogP contribution is -2.20. The molecule has 0 aliphatic rings. The van der Waals surface area contributed by atoms with Crippen LogP contribution in [0.3, 0.4) is 0 Å². The second-order valence-electron chi connectivity index (χ2n) is 5.14. The van der Waals surface area contributed by atoms with Crippen LogP contribution in [0.2, 0.25) is 0 Å². The largest absolute Gasteiger partial charge is 0.323 e. The number of nitrogens with one attached hydrogen (secondary N) is 2. The van der Waals surface area contributed by atoms with Crippen molar-refractivity contribution in [3.8, 4) is 0 Å². The Kier molecular flexibility index (Phi) is 5.06. The molecule has 2 aromatic carbocycles. The fourth-order valence-electron chi connectivity index (χ4n) is 1.93. The van der Waals surface area contributed by atoms with Gasteiger partial charge in [0.05, 0.1) is 5.69 Å². The van der Waals surface area contributed by atoms with E-state index in [9.17, 15) is 13.6 Å². The second kappa shape index (κ2) is 7.00. The molecule has 2 rings (SSSR count). The monoisotopic (exact) mass is 305 g/mol. The molecule has 2 aromatic rings. The Morgan fingerprint density at radius 2 is 1.73 bits per heavy atom. The maximum atomic E-state index is 13.4. The molecule has 0 unspecified atom stereocenters. The maximum absolute atomic E-state index is 13.4. The number of carbonyl (C=O) groups excluding carboxylic acids is 1. The van der Waals surface area contributed by atoms with Crippen LogP contribution in [0.4, 0.5) is 25.0 Å². The number of halogens is 2. The number of nitrogens with zero attached hydrogens (tertiary/aromatic N) is 1. The number of carbonyl (C=O) groups is 1. The van der Waals surface area contributed by atoms with Crippen molar-refractivity contribution in [1.82, 2.24) is 4.90 Å². The van der Waals surface area contributed by atoms with E-state index < -0.39 is 17.7 Å². The molecule has 0 aromatic heterocycles.